The molecule has 0 saturated carbocycles. The first-order valence-corrected chi connectivity index (χ1v) is 51.8. The average molecular weight is 1900 g/mol. The Morgan fingerprint density at radius 3 is 0.833 bits per heavy atom. The highest BCUT2D eigenvalue weighted by molar-refractivity contribution is 6.29. The highest BCUT2D eigenvalue weighted by atomic mass is 15.0. The fraction of sp³-hybridized carbons (Fsp3) is 0. The molecule has 0 spiro atoms. The molecule has 0 radical (unpaired) electrons. The highest BCUT2D eigenvalue weighted by Gasteiger charge is 2.30. The molecule has 25 aromatic carbocycles. The minimum atomic E-state index is 1.09. The van der Waals surface area contributed by atoms with E-state index in [-0.39, 0.29) is 0 Å². The van der Waals surface area contributed by atoms with Crippen molar-refractivity contribution in [3.63, 3.8) is 0 Å². The van der Waals surface area contributed by atoms with E-state index >= 15 is 0 Å². The van der Waals surface area contributed by atoms with Crippen LogP contribution in [0.5, 0.6) is 0 Å². The second-order valence-corrected chi connectivity index (χ2v) is 40.0. The number of para-hydroxylation sites is 5. The maximum absolute atomic E-state index is 2.55. The van der Waals surface area contributed by atoms with E-state index in [1.807, 2.05) is 0 Å². The topological polar surface area (TPSA) is 29.6 Å². The Balaban J connectivity index is 0.527. The van der Waals surface area contributed by atoms with E-state index in [0.717, 1.165) is 128 Å². The fourth-order valence-corrected chi connectivity index (χ4v) is 25.3. The van der Waals surface area contributed by atoms with Gasteiger partial charge in [-0.25, -0.2) is 0 Å². The molecule has 0 atom stereocenters. The SMILES string of the molecule is c1ccc(-c2ccc(-n3c4ccc(-c5cccc6c5c5cc7ccccc7c(-c7ccc8c(c7)c7ccccc7n8-c7ccc(-c8ccc(-c9cccc%10c9c9cc%11ccccc%11c(-c%11ccc%12c%13ccccc%13n(-c%13ccc(-c%14ccccc%14)cc%13)c%12c%11)c9n%10-c9cccc(-c%10ccccc%10)c9)cc8)cc7)c5n6-c5ccccc5)cc4c4ccc(-c5c6ccccc6cc6c7ccccc7n(-c7ccccc7)c56)cc43)cc2)cc1. The summed E-state index contributed by atoms with van der Waals surface area (Å²) >= 11 is 0. The van der Waals surface area contributed by atoms with Crippen LogP contribution in [0.2, 0.25) is 0 Å². The van der Waals surface area contributed by atoms with E-state index < -0.39 is 0 Å². The summed E-state index contributed by atoms with van der Waals surface area (Å²) in [6, 6.07) is 204. The van der Waals surface area contributed by atoms with Gasteiger partial charge in [0.25, 0.3) is 0 Å². The van der Waals surface area contributed by atoms with Crippen LogP contribution in [-0.2, 0) is 0 Å². The lowest BCUT2D eigenvalue weighted by atomic mass is 9.92. The zero-order chi connectivity index (χ0) is 98.3. The van der Waals surface area contributed by atoms with Crippen LogP contribution in [0.1, 0.15) is 0 Å². The van der Waals surface area contributed by atoms with Gasteiger partial charge >= 0.3 is 0 Å². The maximum atomic E-state index is 2.55. The molecule has 0 aliphatic rings. The predicted molar refractivity (Wildman–Crippen MR) is 634 cm³/mol. The molecule has 0 N–H and O–H groups in total. The molecule has 0 unspecified atom stereocenters. The largest absolute Gasteiger partial charge is 0.309 e. The van der Waals surface area contributed by atoms with Crippen molar-refractivity contribution in [2.24, 2.45) is 0 Å². The predicted octanol–water partition coefficient (Wildman–Crippen LogP) is 38.7. The van der Waals surface area contributed by atoms with Crippen LogP contribution in [-0.4, -0.2) is 27.4 Å². The maximum Gasteiger partial charge on any atom is 0.0626 e. The normalized spacial score (nSPS) is 12.0. The van der Waals surface area contributed by atoms with Gasteiger partial charge in [0.05, 0.1) is 66.2 Å². The second kappa shape index (κ2) is 33.9. The van der Waals surface area contributed by atoms with Crippen molar-refractivity contribution in [3.8, 4) is 134 Å². The zero-order valence-corrected chi connectivity index (χ0v) is 81.6. The Bertz CT molecular complexity index is 11000. The van der Waals surface area contributed by atoms with E-state index in [9.17, 15) is 0 Å². The lowest BCUT2D eigenvalue weighted by molar-refractivity contribution is 1.18. The van der Waals surface area contributed by atoms with E-state index in [1.165, 1.54) is 169 Å². The first-order chi connectivity index (χ1) is 74.4. The molecule has 0 aliphatic carbocycles. The van der Waals surface area contributed by atoms with E-state index in [0.29, 0.717) is 0 Å². The third kappa shape index (κ3) is 13.2. The number of benzene rings is 25. The van der Waals surface area contributed by atoms with E-state index in [4.69, 9.17) is 0 Å². The monoisotopic (exact) mass is 1900 g/mol. The van der Waals surface area contributed by atoms with Crippen LogP contribution in [0.4, 0.5) is 0 Å². The van der Waals surface area contributed by atoms with Crippen molar-refractivity contribution in [1.82, 2.24) is 27.4 Å². The van der Waals surface area contributed by atoms with Crippen LogP contribution in [0, 0.1) is 0 Å². The van der Waals surface area contributed by atoms with Crippen LogP contribution in [0.15, 0.2) is 546 Å². The molecule has 150 heavy (non-hydrogen) atoms. The molecule has 0 aliphatic heterocycles. The van der Waals surface area contributed by atoms with Crippen molar-refractivity contribution in [3.05, 3.63) is 546 Å². The van der Waals surface area contributed by atoms with Gasteiger partial charge in [-0.3, -0.25) is 0 Å². The molecule has 0 amide bonds. The number of nitrogens with zero attached hydrogens (tertiary/aromatic N) is 6. The quantitative estimate of drug-likeness (QED) is 0.0979. The van der Waals surface area contributed by atoms with Crippen molar-refractivity contribution in [2.75, 3.05) is 0 Å². The van der Waals surface area contributed by atoms with Crippen molar-refractivity contribution in [1.29, 1.82) is 0 Å². The van der Waals surface area contributed by atoms with Gasteiger partial charge in [-0.1, -0.05) is 388 Å². The molecule has 0 saturated heterocycles. The fourth-order valence-electron chi connectivity index (χ4n) is 25.3. The van der Waals surface area contributed by atoms with Crippen LogP contribution in [0.3, 0.4) is 0 Å². The summed E-state index contributed by atoms with van der Waals surface area (Å²) in [5.41, 5.74) is 41.5. The third-order valence-electron chi connectivity index (χ3n) is 31.9. The number of hydrogen-bond donors (Lipinski definition) is 0. The first kappa shape index (κ1) is 84.6. The van der Waals surface area contributed by atoms with E-state index in [1.54, 1.807) is 0 Å². The molecule has 6 heterocycles. The number of aromatic nitrogens is 6. The first-order valence-electron chi connectivity index (χ1n) is 51.8. The molecule has 6 heteroatoms. The van der Waals surface area contributed by atoms with Crippen LogP contribution in [0.25, 0.3) is 297 Å². The summed E-state index contributed by atoms with van der Waals surface area (Å²) in [6.45, 7) is 0. The summed E-state index contributed by atoms with van der Waals surface area (Å²) < 4.78 is 15.0. The van der Waals surface area contributed by atoms with Gasteiger partial charge in [0.1, 0.15) is 0 Å². The number of fused-ring (bicyclic) bond motifs is 21. The molecule has 31 aromatic rings. The molecule has 0 bridgehead atoms. The van der Waals surface area contributed by atoms with E-state index in [2.05, 4.69) is 573 Å². The van der Waals surface area contributed by atoms with Gasteiger partial charge in [0.2, 0.25) is 0 Å². The molecule has 31 rings (SSSR count). The summed E-state index contributed by atoms with van der Waals surface area (Å²) in [7, 11) is 0. The Hall–Kier alpha value is -19.9. The Morgan fingerprint density at radius 2 is 0.367 bits per heavy atom. The van der Waals surface area contributed by atoms with Crippen LogP contribution >= 0.6 is 0 Å². The van der Waals surface area contributed by atoms with Crippen molar-refractivity contribution >= 4 is 163 Å². The zero-order valence-electron chi connectivity index (χ0n) is 81.6. The molecular formula is C144H90N6. The molecular weight excluding hydrogens is 1810 g/mol. The minimum absolute atomic E-state index is 1.09. The van der Waals surface area contributed by atoms with Crippen LogP contribution < -0.4 is 0 Å². The summed E-state index contributed by atoms with van der Waals surface area (Å²) in [6.07, 6.45) is 0. The summed E-state index contributed by atoms with van der Waals surface area (Å²) in [4.78, 5) is 0. The summed E-state index contributed by atoms with van der Waals surface area (Å²) in [5.74, 6) is 0. The Kier molecular flexibility index (Phi) is 19.1. The average Bonchev–Trinajstić information content (AvgIpc) is 1.55. The van der Waals surface area contributed by atoms with Gasteiger partial charge in [-0.05, 0) is 273 Å². The lowest BCUT2D eigenvalue weighted by Gasteiger charge is -2.16. The highest BCUT2D eigenvalue weighted by Crippen LogP contribution is 2.53. The van der Waals surface area contributed by atoms with Crippen molar-refractivity contribution in [2.45, 2.75) is 0 Å². The standard InChI is InChI=1S/C144H90N6/c1-6-31-91(32-7-1)95-63-75-110(76-64-95)146-128-54-25-22-49-118(128)121-79-69-106(89-135(121)146)139-116-48-21-18-39-102(116)86-126-140-113(52-29-58-134(140)150(144(126)139)112-45-28-40-99(83-112)93-35-10-3-11-36-93)98-61-59-94(60-62-98)97-67-73-109(74-68-97)145-129-55-26-23-50-119(129)124-88-104(72-82-131(124)145)137-115-47-20-17-38-101(115)87-127-141-117(53-30-57-133(141)149(143(127)137)108-43-14-5-15-44-108)103-71-81-132-123(84-103)122-80-70-105(90-136(122)147(132)111-77-65-96(66-78-111)92-33-8-2-9-34-92)138-114-46-19-16-37-100(114)85-125-120-51-24-27-56-130(120)148(142(125)138)107-41-12-4-13-42-107/h1-90H. The second-order valence-electron chi connectivity index (χ2n) is 40.0. The summed E-state index contributed by atoms with van der Waals surface area (Å²) in [5, 5.41) is 21.6. The Morgan fingerprint density at radius 1 is 0.107 bits per heavy atom. The molecule has 0 fully saturated rings. The number of rotatable bonds is 15. The minimum Gasteiger partial charge on any atom is -0.309 e. The van der Waals surface area contributed by atoms with Gasteiger partial charge in [-0.15, -0.1) is 0 Å². The number of hydrogen-bond acceptors (Lipinski definition) is 0. The molecule has 6 aromatic heterocycles. The lowest BCUT2D eigenvalue weighted by Crippen LogP contribution is -1.97. The third-order valence-corrected chi connectivity index (χ3v) is 31.9. The molecule has 6 nitrogen and oxygen atoms in total. The van der Waals surface area contributed by atoms with Gasteiger partial charge in [-0.2, -0.15) is 0 Å². The Labute approximate surface area is 864 Å². The van der Waals surface area contributed by atoms with Gasteiger partial charge in [0.15, 0.2) is 0 Å². The van der Waals surface area contributed by atoms with Crippen molar-refractivity contribution < 1.29 is 0 Å². The molecule has 696 valence electrons. The smallest absolute Gasteiger partial charge is 0.0626 e. The van der Waals surface area contributed by atoms with Gasteiger partial charge in [0, 0.05) is 115 Å². The van der Waals surface area contributed by atoms with Gasteiger partial charge < -0.3 is 27.4 Å².